The van der Waals surface area contributed by atoms with Crippen molar-refractivity contribution >= 4 is 12.7 Å². The molecule has 0 saturated heterocycles. The van der Waals surface area contributed by atoms with Crippen molar-refractivity contribution in [3.05, 3.63) is 18.0 Å². The molecule has 0 spiro atoms. The molecule has 13 heavy (non-hydrogen) atoms. The molecule has 3 nitrogen and oxygen atoms in total. The fraction of sp³-hybridized carbons (Fsp3) is 0.556. The van der Waals surface area contributed by atoms with Crippen molar-refractivity contribution in [2.24, 2.45) is 9.98 Å². The third-order valence-electron chi connectivity index (χ3n) is 0.447. The Hall–Kier alpha value is 0.685. The molecule has 0 saturated carbocycles. The van der Waals surface area contributed by atoms with E-state index in [0.29, 0.717) is 5.70 Å². The fourth-order valence-corrected chi connectivity index (χ4v) is 0.216. The molecular formula is C9H20N3Rb. The maximum Gasteiger partial charge on any atom is 1.00 e. The van der Waals surface area contributed by atoms with Crippen LogP contribution in [-0.4, -0.2) is 12.7 Å². The summed E-state index contributed by atoms with van der Waals surface area (Å²) in [6.45, 7) is 16.2. The van der Waals surface area contributed by atoms with Gasteiger partial charge in [0.25, 0.3) is 0 Å². The molecule has 0 bridgehead atoms. The van der Waals surface area contributed by atoms with Gasteiger partial charge in [0.05, 0.1) is 0 Å². The van der Waals surface area contributed by atoms with Gasteiger partial charge in [0, 0.05) is 5.96 Å². The van der Waals surface area contributed by atoms with Crippen molar-refractivity contribution in [3.8, 4) is 0 Å². The number of nitrogens with one attached hydrogen (secondary N) is 1. The minimum absolute atomic E-state index is 0. The van der Waals surface area contributed by atoms with E-state index in [-0.39, 0.29) is 64.1 Å². The SMILES string of the molecule is C=NC([NH-])=NC(=C)C.CC.CC.[Rb+]. The minimum atomic E-state index is -0.0856. The van der Waals surface area contributed by atoms with Crippen LogP contribution in [0.2, 0.25) is 0 Å². The first kappa shape index (κ1) is 23.5. The number of hydrogen-bond donors (Lipinski definition) is 0. The molecule has 0 aromatic carbocycles. The molecule has 72 valence electrons. The molecule has 0 amide bonds. The Morgan fingerprint density at radius 3 is 1.54 bits per heavy atom. The molecule has 0 rings (SSSR count). The van der Waals surface area contributed by atoms with Gasteiger partial charge < -0.3 is 15.7 Å². The van der Waals surface area contributed by atoms with Crippen molar-refractivity contribution in [3.63, 3.8) is 0 Å². The monoisotopic (exact) mass is 255 g/mol. The number of hydrogen-bond acceptors (Lipinski definition) is 1. The van der Waals surface area contributed by atoms with E-state index in [0.717, 1.165) is 0 Å². The molecule has 0 unspecified atom stereocenters. The molecule has 0 aromatic heterocycles. The van der Waals surface area contributed by atoms with Gasteiger partial charge in [0.1, 0.15) is 0 Å². The third-order valence-corrected chi connectivity index (χ3v) is 0.447. The largest absolute Gasteiger partial charge is 1.00 e. The molecule has 0 aliphatic heterocycles. The van der Waals surface area contributed by atoms with E-state index in [4.69, 9.17) is 5.73 Å². The first-order chi connectivity index (χ1) is 5.66. The van der Waals surface area contributed by atoms with Crippen molar-refractivity contribution in [2.45, 2.75) is 34.6 Å². The number of allylic oxidation sites excluding steroid dienone is 1. The van der Waals surface area contributed by atoms with E-state index in [1.165, 1.54) is 0 Å². The van der Waals surface area contributed by atoms with E-state index < -0.39 is 0 Å². The van der Waals surface area contributed by atoms with Crippen LogP contribution in [0, 0.1) is 0 Å². The summed E-state index contributed by atoms with van der Waals surface area (Å²) in [5.74, 6) is -0.0856. The summed E-state index contributed by atoms with van der Waals surface area (Å²) in [6, 6.07) is 0. The second-order valence-electron chi connectivity index (χ2n) is 1.33. The van der Waals surface area contributed by atoms with Crippen molar-refractivity contribution in [2.75, 3.05) is 0 Å². The number of nitrogens with zero attached hydrogens (tertiary/aromatic N) is 2. The standard InChI is InChI=1S/C5H8N3.2C2H6.Rb/c1-4(2)8-5(6)7-3;2*1-2;/h1,3H2,2H3,(H-,6,8);2*1-2H3;/q-1;;;+1. The molecule has 1 N–H and O–H groups in total. The second kappa shape index (κ2) is 23.0. The molecule has 0 aromatic rings. The van der Waals surface area contributed by atoms with Crippen LogP contribution in [0.5, 0.6) is 0 Å². The third kappa shape index (κ3) is 32.4. The minimum Gasteiger partial charge on any atom is -0.410 e. The van der Waals surface area contributed by atoms with Gasteiger partial charge in [-0.1, -0.05) is 41.0 Å². The van der Waals surface area contributed by atoms with Gasteiger partial charge in [-0.05, 0) is 12.6 Å². The van der Waals surface area contributed by atoms with E-state index in [1.807, 2.05) is 27.7 Å². The van der Waals surface area contributed by atoms with Gasteiger partial charge in [0.15, 0.2) is 0 Å². The maximum absolute atomic E-state index is 6.81. The van der Waals surface area contributed by atoms with Gasteiger partial charge in [0.2, 0.25) is 0 Å². The van der Waals surface area contributed by atoms with Crippen molar-refractivity contribution in [1.82, 2.24) is 0 Å². The van der Waals surface area contributed by atoms with E-state index >= 15 is 0 Å². The molecule has 0 aliphatic rings. The maximum atomic E-state index is 6.81. The van der Waals surface area contributed by atoms with Crippen LogP contribution in [-0.2, 0) is 0 Å². The van der Waals surface area contributed by atoms with Crippen LogP contribution in [0.15, 0.2) is 22.3 Å². The summed E-state index contributed by atoms with van der Waals surface area (Å²) < 4.78 is 0. The second-order valence-corrected chi connectivity index (χ2v) is 1.33. The van der Waals surface area contributed by atoms with Gasteiger partial charge >= 0.3 is 58.2 Å². The fourth-order valence-electron chi connectivity index (χ4n) is 0.216. The molecular weight excluding hydrogens is 236 g/mol. The van der Waals surface area contributed by atoms with Gasteiger partial charge in [-0.3, -0.25) is 0 Å². The quantitative estimate of drug-likeness (QED) is 0.489. The summed E-state index contributed by atoms with van der Waals surface area (Å²) in [7, 11) is 0. The average molecular weight is 256 g/mol. The van der Waals surface area contributed by atoms with Crippen LogP contribution in [0.1, 0.15) is 34.6 Å². The molecule has 0 atom stereocenters. The van der Waals surface area contributed by atoms with Crippen LogP contribution in [0.4, 0.5) is 0 Å². The molecule has 0 aliphatic carbocycles. The number of rotatable bonds is 1. The Kier molecular flexibility index (Phi) is 41.5. The Morgan fingerprint density at radius 2 is 1.46 bits per heavy atom. The molecule has 0 radical (unpaired) electrons. The zero-order valence-electron chi connectivity index (χ0n) is 9.81. The zero-order valence-corrected chi connectivity index (χ0v) is 14.7. The summed E-state index contributed by atoms with van der Waals surface area (Å²) in [5, 5.41) is 0. The molecule has 4 heteroatoms. The number of aliphatic imine (C=N–C) groups is 2. The van der Waals surface area contributed by atoms with E-state index in [2.05, 4.69) is 23.3 Å². The topological polar surface area (TPSA) is 48.5 Å². The van der Waals surface area contributed by atoms with Crippen molar-refractivity contribution < 1.29 is 58.2 Å². The van der Waals surface area contributed by atoms with Crippen LogP contribution >= 0.6 is 0 Å². The van der Waals surface area contributed by atoms with E-state index in [9.17, 15) is 0 Å². The predicted octanol–water partition coefficient (Wildman–Crippen LogP) is 0.685. The molecule has 0 fully saturated rings. The van der Waals surface area contributed by atoms with Gasteiger partial charge in [-0.25, -0.2) is 0 Å². The Bertz CT molecular complexity index is 142. The Balaban J connectivity index is -0.0000000712. The first-order valence-corrected chi connectivity index (χ1v) is 4.09. The zero-order chi connectivity index (χ0) is 10.6. The Labute approximate surface area is 131 Å². The summed E-state index contributed by atoms with van der Waals surface area (Å²) in [4.78, 5) is 6.79. The smallest absolute Gasteiger partial charge is 0.410 e. The predicted molar refractivity (Wildman–Crippen MR) is 58.8 cm³/mol. The normalized spacial score (nSPS) is 7.62. The summed E-state index contributed by atoms with van der Waals surface area (Å²) in [5.41, 5.74) is 7.38. The van der Waals surface area contributed by atoms with Gasteiger partial charge in [-0.15, -0.1) is 0 Å². The van der Waals surface area contributed by atoms with Gasteiger partial charge in [-0.2, -0.15) is 0 Å². The molecule has 0 heterocycles. The first-order valence-electron chi connectivity index (χ1n) is 4.09. The summed E-state index contributed by atoms with van der Waals surface area (Å²) >= 11 is 0. The van der Waals surface area contributed by atoms with Crippen LogP contribution in [0.25, 0.3) is 5.73 Å². The van der Waals surface area contributed by atoms with E-state index in [1.54, 1.807) is 6.92 Å². The number of guanidine groups is 1. The average Bonchev–Trinajstić information content (AvgIpc) is 2.10. The summed E-state index contributed by atoms with van der Waals surface area (Å²) in [6.07, 6.45) is 0. The van der Waals surface area contributed by atoms with Crippen LogP contribution < -0.4 is 58.2 Å². The van der Waals surface area contributed by atoms with Crippen LogP contribution in [0.3, 0.4) is 0 Å². The Morgan fingerprint density at radius 1 is 1.15 bits per heavy atom. The van der Waals surface area contributed by atoms with Crippen molar-refractivity contribution in [1.29, 1.82) is 0 Å².